The van der Waals surface area contributed by atoms with Crippen LogP contribution in [-0.2, 0) is 6.54 Å². The Morgan fingerprint density at radius 1 is 0.879 bits per heavy atom. The lowest BCUT2D eigenvalue weighted by Crippen LogP contribution is -2.19. The van der Waals surface area contributed by atoms with E-state index in [1.165, 1.54) is 0 Å². The van der Waals surface area contributed by atoms with Crippen LogP contribution in [0.1, 0.15) is 11.3 Å². The number of amides is 2. The van der Waals surface area contributed by atoms with Gasteiger partial charge in [0.15, 0.2) is 0 Å². The van der Waals surface area contributed by atoms with Crippen LogP contribution in [0.5, 0.6) is 0 Å². The highest BCUT2D eigenvalue weighted by Gasteiger charge is 2.15. The largest absolute Gasteiger partial charge is 0.334 e. The fourth-order valence-corrected chi connectivity index (χ4v) is 4.45. The van der Waals surface area contributed by atoms with Crippen molar-refractivity contribution in [3.63, 3.8) is 0 Å². The summed E-state index contributed by atoms with van der Waals surface area (Å²) in [5.74, 6) is 0. The molecular formula is C26H20Cl2N4O. The van der Waals surface area contributed by atoms with Gasteiger partial charge in [0, 0.05) is 50.5 Å². The van der Waals surface area contributed by atoms with Crippen LogP contribution in [-0.4, -0.2) is 15.6 Å². The van der Waals surface area contributed by atoms with Gasteiger partial charge in [-0.05, 0) is 73.2 Å². The first-order valence-electron chi connectivity index (χ1n) is 10.4. The van der Waals surface area contributed by atoms with E-state index in [0.29, 0.717) is 28.0 Å². The Labute approximate surface area is 201 Å². The fraction of sp³-hybridized carbons (Fsp3) is 0.0769. The molecule has 0 radical (unpaired) electrons. The molecule has 7 heteroatoms. The van der Waals surface area contributed by atoms with E-state index in [4.69, 9.17) is 23.2 Å². The molecular weight excluding hydrogens is 455 g/mol. The van der Waals surface area contributed by atoms with Gasteiger partial charge in [-0.15, -0.1) is 0 Å². The van der Waals surface area contributed by atoms with Gasteiger partial charge < -0.3 is 15.2 Å². The van der Waals surface area contributed by atoms with Crippen LogP contribution in [0.2, 0.25) is 10.0 Å². The number of aryl methyl sites for hydroxylation is 1. The lowest BCUT2D eigenvalue weighted by atomic mass is 10.1. The first kappa shape index (κ1) is 21.3. The highest BCUT2D eigenvalue weighted by atomic mass is 35.5. The van der Waals surface area contributed by atoms with Crippen molar-refractivity contribution in [2.75, 3.05) is 10.6 Å². The number of urea groups is 1. The van der Waals surface area contributed by atoms with Crippen molar-refractivity contribution in [3.8, 4) is 0 Å². The zero-order chi connectivity index (χ0) is 22.9. The third kappa shape index (κ3) is 4.38. The molecule has 0 atom stereocenters. The normalized spacial score (nSPS) is 11.1. The summed E-state index contributed by atoms with van der Waals surface area (Å²) in [7, 11) is 0. The average molecular weight is 475 g/mol. The number of hydrogen-bond donors (Lipinski definition) is 2. The van der Waals surface area contributed by atoms with Crippen molar-refractivity contribution in [1.29, 1.82) is 0 Å². The Bertz CT molecular complexity index is 1490. The molecule has 2 amide bonds. The van der Waals surface area contributed by atoms with E-state index in [2.05, 4.69) is 26.3 Å². The van der Waals surface area contributed by atoms with Gasteiger partial charge in [0.05, 0.1) is 11.2 Å². The van der Waals surface area contributed by atoms with E-state index < -0.39 is 0 Å². The molecule has 0 aliphatic rings. The molecule has 164 valence electrons. The molecule has 2 N–H and O–H groups in total. The average Bonchev–Trinajstić information content (AvgIpc) is 3.09. The minimum Gasteiger partial charge on any atom is -0.334 e. The zero-order valence-electron chi connectivity index (χ0n) is 17.8. The molecule has 0 aliphatic heterocycles. The Morgan fingerprint density at radius 2 is 1.64 bits per heavy atom. The van der Waals surface area contributed by atoms with Crippen LogP contribution >= 0.6 is 23.2 Å². The molecule has 33 heavy (non-hydrogen) atoms. The van der Waals surface area contributed by atoms with Crippen LogP contribution in [0, 0.1) is 6.92 Å². The molecule has 0 bridgehead atoms. The van der Waals surface area contributed by atoms with Crippen molar-refractivity contribution in [3.05, 3.63) is 100 Å². The van der Waals surface area contributed by atoms with Gasteiger partial charge in [0.25, 0.3) is 0 Å². The Kier molecular flexibility index (Phi) is 5.67. The predicted molar refractivity (Wildman–Crippen MR) is 137 cm³/mol. The topological polar surface area (TPSA) is 59.0 Å². The lowest BCUT2D eigenvalue weighted by Gasteiger charge is -2.10. The number of nitrogens with zero attached hydrogens (tertiary/aromatic N) is 2. The van der Waals surface area contributed by atoms with Gasteiger partial charge in [0.2, 0.25) is 0 Å². The number of carbonyl (C=O) groups is 1. The van der Waals surface area contributed by atoms with Crippen LogP contribution in [0.25, 0.3) is 21.8 Å². The minimum atomic E-state index is -0.322. The van der Waals surface area contributed by atoms with Crippen molar-refractivity contribution >= 4 is 62.4 Å². The monoisotopic (exact) mass is 474 g/mol. The summed E-state index contributed by atoms with van der Waals surface area (Å²) in [6, 6.07) is 22.4. The van der Waals surface area contributed by atoms with Crippen molar-refractivity contribution in [1.82, 2.24) is 9.55 Å². The van der Waals surface area contributed by atoms with E-state index in [1.54, 1.807) is 24.3 Å². The van der Waals surface area contributed by atoms with Crippen LogP contribution in [0.15, 0.2) is 79.0 Å². The van der Waals surface area contributed by atoms with Crippen molar-refractivity contribution in [2.24, 2.45) is 0 Å². The Balaban J connectivity index is 1.51. The van der Waals surface area contributed by atoms with Gasteiger partial charge in [-0.1, -0.05) is 35.3 Å². The van der Waals surface area contributed by atoms with E-state index in [-0.39, 0.29) is 6.03 Å². The number of carbonyl (C=O) groups excluding carboxylic acids is 1. The molecule has 0 saturated carbocycles. The number of hydrogen-bond acceptors (Lipinski definition) is 2. The lowest BCUT2D eigenvalue weighted by molar-refractivity contribution is 0.262. The van der Waals surface area contributed by atoms with Crippen molar-refractivity contribution in [2.45, 2.75) is 13.5 Å². The fourth-order valence-electron chi connectivity index (χ4n) is 4.11. The number of benzene rings is 3. The molecule has 0 saturated heterocycles. The maximum absolute atomic E-state index is 12.5. The van der Waals surface area contributed by atoms with Crippen LogP contribution < -0.4 is 10.6 Å². The first-order valence-corrected chi connectivity index (χ1v) is 11.2. The van der Waals surface area contributed by atoms with Gasteiger partial charge in [-0.2, -0.15) is 0 Å². The number of rotatable bonds is 4. The molecule has 0 aliphatic carbocycles. The van der Waals surface area contributed by atoms with Crippen LogP contribution in [0.3, 0.4) is 0 Å². The molecule has 2 heterocycles. The minimum absolute atomic E-state index is 0.322. The number of anilines is 2. The van der Waals surface area contributed by atoms with Gasteiger partial charge in [-0.25, -0.2) is 4.79 Å². The molecule has 3 aromatic carbocycles. The summed E-state index contributed by atoms with van der Waals surface area (Å²) in [5, 5.41) is 9.19. The molecule has 5 rings (SSSR count). The summed E-state index contributed by atoms with van der Waals surface area (Å²) in [6.45, 7) is 2.67. The van der Waals surface area contributed by atoms with Gasteiger partial charge >= 0.3 is 6.03 Å². The zero-order valence-corrected chi connectivity index (χ0v) is 19.3. The Morgan fingerprint density at radius 3 is 2.42 bits per heavy atom. The third-order valence-corrected chi connectivity index (χ3v) is 6.03. The summed E-state index contributed by atoms with van der Waals surface area (Å²) in [5.41, 5.74) is 5.54. The second kappa shape index (κ2) is 8.77. The maximum atomic E-state index is 12.5. The first-order chi connectivity index (χ1) is 16.0. The van der Waals surface area contributed by atoms with E-state index in [0.717, 1.165) is 33.1 Å². The van der Waals surface area contributed by atoms with Gasteiger partial charge in [0.1, 0.15) is 0 Å². The summed E-state index contributed by atoms with van der Waals surface area (Å²) >= 11 is 12.1. The van der Waals surface area contributed by atoms with E-state index >= 15 is 0 Å². The van der Waals surface area contributed by atoms with Crippen LogP contribution in [0.4, 0.5) is 16.2 Å². The smallest absolute Gasteiger partial charge is 0.323 e. The highest BCUT2D eigenvalue weighted by Crippen LogP contribution is 2.33. The molecule has 5 nitrogen and oxygen atoms in total. The quantitative estimate of drug-likeness (QED) is 0.283. The number of fused-ring (bicyclic) bond motifs is 3. The standard InChI is InChI=1S/C26H20Cl2N4O/c1-16-25-22(11-12-29-16)23-14-21(31-26(33)30-20-7-5-18(27)6-8-20)9-10-24(23)32(25)15-17-3-2-4-19(28)13-17/h2-14H,15H2,1H3,(H2,30,31,33). The van der Waals surface area contributed by atoms with Crippen molar-refractivity contribution < 1.29 is 4.79 Å². The summed E-state index contributed by atoms with van der Waals surface area (Å²) in [6.07, 6.45) is 1.81. The summed E-state index contributed by atoms with van der Waals surface area (Å²) in [4.78, 5) is 17.0. The highest BCUT2D eigenvalue weighted by molar-refractivity contribution is 6.31. The number of halogens is 2. The number of nitrogens with one attached hydrogen (secondary N) is 2. The molecule has 0 fully saturated rings. The maximum Gasteiger partial charge on any atom is 0.323 e. The molecule has 2 aromatic heterocycles. The second-order valence-corrected chi connectivity index (χ2v) is 8.70. The SMILES string of the molecule is Cc1nccc2c3cc(NC(=O)Nc4ccc(Cl)cc4)ccc3n(Cc3cccc(Cl)c3)c12. The predicted octanol–water partition coefficient (Wildman–Crippen LogP) is 7.50. The third-order valence-electron chi connectivity index (χ3n) is 5.54. The van der Waals surface area contributed by atoms with E-state index in [1.807, 2.05) is 55.6 Å². The van der Waals surface area contributed by atoms with Gasteiger partial charge in [-0.3, -0.25) is 4.98 Å². The number of pyridine rings is 1. The number of aromatic nitrogens is 2. The molecule has 5 aromatic rings. The summed E-state index contributed by atoms with van der Waals surface area (Å²) < 4.78 is 2.25. The van der Waals surface area contributed by atoms with E-state index in [9.17, 15) is 4.79 Å². The Hall–Kier alpha value is -3.54. The molecule has 0 spiro atoms. The molecule has 0 unspecified atom stereocenters. The second-order valence-electron chi connectivity index (χ2n) is 7.83.